The van der Waals surface area contributed by atoms with Gasteiger partial charge in [-0.25, -0.2) is 4.79 Å². The van der Waals surface area contributed by atoms with Crippen molar-refractivity contribution < 1.29 is 77.1 Å². The lowest BCUT2D eigenvalue weighted by Gasteiger charge is -2.40. The molecule has 0 unspecified atom stereocenters. The van der Waals surface area contributed by atoms with Crippen molar-refractivity contribution in [3.8, 4) is 5.75 Å². The van der Waals surface area contributed by atoms with E-state index in [0.717, 1.165) is 32.4 Å². The Kier molecular flexibility index (Phi) is 35.0. The average molecular weight is 1230 g/mol. The summed E-state index contributed by atoms with van der Waals surface area (Å²) >= 11 is 0. The number of hydrogen-bond donors (Lipinski definition) is 6. The fourth-order valence-electron chi connectivity index (χ4n) is 10.5. The smallest absolute Gasteiger partial charge is 0.328 e. The van der Waals surface area contributed by atoms with Crippen LogP contribution in [0.5, 0.6) is 5.75 Å². The lowest BCUT2D eigenvalue weighted by molar-refractivity contribution is -0.157. The zero-order chi connectivity index (χ0) is 66.7. The summed E-state index contributed by atoms with van der Waals surface area (Å²) in [5.41, 5.74) is 6.22. The number of hydrogen-bond acceptors (Lipinski definition) is 16. The van der Waals surface area contributed by atoms with E-state index in [-0.39, 0.29) is 62.4 Å². The summed E-state index contributed by atoms with van der Waals surface area (Å²) in [6, 6.07) is -4.04. The number of likely N-dealkylation sites (N-methyl/N-ethyl adjacent to an activating group) is 5. The molecule has 87 heavy (non-hydrogen) atoms. The maximum Gasteiger partial charge on any atom is 0.328 e. The Bertz CT molecular complexity index is 2380. The summed E-state index contributed by atoms with van der Waals surface area (Å²) in [6.45, 7) is 16.7. The molecular formula is C62H107N9O16. The molecule has 0 aliphatic rings. The maximum absolute atomic E-state index is 14.9. The molecule has 0 aromatic heterocycles. The first-order valence-electron chi connectivity index (χ1n) is 30.3. The van der Waals surface area contributed by atoms with Gasteiger partial charge in [0.1, 0.15) is 54.1 Å². The molecule has 496 valence electrons. The van der Waals surface area contributed by atoms with Crippen molar-refractivity contribution in [2.75, 3.05) is 70.3 Å². The molecule has 0 aliphatic heterocycles. The Morgan fingerprint density at radius 3 is 1.56 bits per heavy atom. The van der Waals surface area contributed by atoms with E-state index >= 15 is 0 Å². The Morgan fingerprint density at radius 2 is 1.09 bits per heavy atom. The van der Waals surface area contributed by atoms with Crippen molar-refractivity contribution in [2.24, 2.45) is 29.4 Å². The summed E-state index contributed by atoms with van der Waals surface area (Å²) in [7, 11) is 12.6. The number of carbonyl (C=O) groups is 10. The molecular weight excluding hydrogens is 1130 g/mol. The number of ether oxygens (including phenoxy) is 4. The average Bonchev–Trinajstić information content (AvgIpc) is 3.46. The molecule has 1 aromatic carbocycles. The number of carbonyl (C=O) groups excluding carboxylic acids is 10. The third kappa shape index (κ3) is 23.9. The van der Waals surface area contributed by atoms with Gasteiger partial charge in [-0.15, -0.1) is 0 Å². The van der Waals surface area contributed by atoms with E-state index in [9.17, 15) is 58.2 Å². The molecule has 25 nitrogen and oxygen atoms in total. The van der Waals surface area contributed by atoms with Crippen LogP contribution in [0.25, 0.3) is 0 Å². The Labute approximate surface area is 516 Å². The molecule has 0 heterocycles. The topological polar surface area (TPSA) is 326 Å². The van der Waals surface area contributed by atoms with Gasteiger partial charge in [-0.3, -0.25) is 43.2 Å². The number of benzene rings is 1. The highest BCUT2D eigenvalue weighted by molar-refractivity contribution is 5.98. The number of nitrogens with one attached hydrogen (secondary N) is 3. The monoisotopic (exact) mass is 1230 g/mol. The van der Waals surface area contributed by atoms with Gasteiger partial charge in [-0.2, -0.15) is 0 Å². The number of nitrogens with zero attached hydrogens (tertiary/aromatic N) is 5. The summed E-state index contributed by atoms with van der Waals surface area (Å²) in [4.78, 5) is 147. The van der Waals surface area contributed by atoms with E-state index in [0.29, 0.717) is 30.6 Å². The largest absolute Gasteiger partial charge is 0.497 e. The van der Waals surface area contributed by atoms with Crippen LogP contribution in [-0.2, 0) is 68.6 Å². The molecule has 0 saturated carbocycles. The SMILES string of the molecule is CCC[C@H](C[C@@H](CC(=O)N(C)[C@@H](C(=O)N[C@H](CO)C(=O)N[C@H](CC(C)C)C(=O)N(C)[C@@H](CC(C)C)C(=O)N[C@H](C(=O)N(C)[C@H](C(=O)N(C)[C@@H](CCC(N)=O)C(=O)N(C)[C@@H](Cc1ccc(OC)cc1)C(=O)OC)[C@@H](C)CC)[C@@H](C)O)[C@@H](C)CC)OC)OC. The molecule has 1 rings (SSSR count). The van der Waals surface area contributed by atoms with Crippen LogP contribution in [0.3, 0.4) is 0 Å². The Balaban J connectivity index is 3.64. The van der Waals surface area contributed by atoms with Crippen LogP contribution < -0.4 is 26.4 Å². The van der Waals surface area contributed by atoms with Crippen LogP contribution in [0.2, 0.25) is 0 Å². The summed E-state index contributed by atoms with van der Waals surface area (Å²) < 4.78 is 21.6. The molecule has 25 heteroatoms. The first-order chi connectivity index (χ1) is 40.8. The highest BCUT2D eigenvalue weighted by Crippen LogP contribution is 2.25. The van der Waals surface area contributed by atoms with Crippen molar-refractivity contribution in [2.45, 2.75) is 207 Å². The third-order valence-corrected chi connectivity index (χ3v) is 16.3. The molecule has 0 spiro atoms. The minimum Gasteiger partial charge on any atom is -0.497 e. The third-order valence-electron chi connectivity index (χ3n) is 16.3. The van der Waals surface area contributed by atoms with Crippen LogP contribution in [0, 0.1) is 23.7 Å². The number of aliphatic hydroxyl groups is 2. The highest BCUT2D eigenvalue weighted by atomic mass is 16.5. The van der Waals surface area contributed by atoms with Gasteiger partial charge in [0, 0.05) is 68.7 Å². The van der Waals surface area contributed by atoms with E-state index in [4.69, 9.17) is 24.7 Å². The Hall–Kier alpha value is -6.44. The number of esters is 1. The van der Waals surface area contributed by atoms with Crippen molar-refractivity contribution >= 4 is 59.1 Å². The molecule has 0 aliphatic carbocycles. The van der Waals surface area contributed by atoms with E-state index in [2.05, 4.69) is 16.0 Å². The highest BCUT2D eigenvalue weighted by Gasteiger charge is 2.44. The quantitative estimate of drug-likeness (QED) is 0.0514. The minimum absolute atomic E-state index is 0.0121. The molecule has 0 saturated heterocycles. The number of amides is 9. The fourth-order valence-corrected chi connectivity index (χ4v) is 10.5. The number of aliphatic hydroxyl groups excluding tert-OH is 2. The van der Waals surface area contributed by atoms with Crippen molar-refractivity contribution in [1.29, 1.82) is 0 Å². The molecule has 9 amide bonds. The zero-order valence-electron chi connectivity index (χ0n) is 55.4. The van der Waals surface area contributed by atoms with Gasteiger partial charge in [0.2, 0.25) is 53.2 Å². The number of methoxy groups -OCH3 is 4. The molecule has 7 N–H and O–H groups in total. The number of nitrogens with two attached hydrogens (primary N) is 1. The normalized spacial score (nSPS) is 15.9. The van der Waals surface area contributed by atoms with Gasteiger partial charge in [0.25, 0.3) is 0 Å². The van der Waals surface area contributed by atoms with Crippen LogP contribution in [0.1, 0.15) is 139 Å². The van der Waals surface area contributed by atoms with Gasteiger partial charge in [0.05, 0.1) is 45.6 Å². The Morgan fingerprint density at radius 1 is 0.563 bits per heavy atom. The predicted octanol–water partition coefficient (Wildman–Crippen LogP) is 2.43. The lowest BCUT2D eigenvalue weighted by Crippen LogP contribution is -2.63. The minimum atomic E-state index is -1.70. The van der Waals surface area contributed by atoms with Crippen LogP contribution >= 0.6 is 0 Å². The van der Waals surface area contributed by atoms with Crippen LogP contribution in [0.15, 0.2) is 24.3 Å². The molecule has 13 atom stereocenters. The van der Waals surface area contributed by atoms with Gasteiger partial charge in [0.15, 0.2) is 0 Å². The van der Waals surface area contributed by atoms with Crippen LogP contribution in [-0.4, -0.2) is 231 Å². The maximum atomic E-state index is 14.9. The van der Waals surface area contributed by atoms with Crippen molar-refractivity contribution in [1.82, 2.24) is 40.4 Å². The first kappa shape index (κ1) is 78.6. The van der Waals surface area contributed by atoms with E-state index in [1.54, 1.807) is 79.8 Å². The lowest BCUT2D eigenvalue weighted by atomic mass is 9.94. The van der Waals surface area contributed by atoms with Crippen LogP contribution in [0.4, 0.5) is 0 Å². The second-order valence-electron chi connectivity index (χ2n) is 23.8. The summed E-state index contributed by atoms with van der Waals surface area (Å²) in [5, 5.41) is 29.7. The molecule has 1 aromatic rings. The van der Waals surface area contributed by atoms with Gasteiger partial charge >= 0.3 is 5.97 Å². The van der Waals surface area contributed by atoms with Gasteiger partial charge in [-0.05, 0) is 74.0 Å². The molecule has 0 radical (unpaired) electrons. The first-order valence-corrected chi connectivity index (χ1v) is 30.3. The van der Waals surface area contributed by atoms with E-state index in [1.807, 2.05) is 13.8 Å². The second-order valence-corrected chi connectivity index (χ2v) is 23.8. The molecule has 0 fully saturated rings. The summed E-state index contributed by atoms with van der Waals surface area (Å²) in [5.74, 6) is -8.38. The second kappa shape index (κ2) is 38.8. The summed E-state index contributed by atoms with van der Waals surface area (Å²) in [6.07, 6.45) is 0.124. The van der Waals surface area contributed by atoms with E-state index < -0.39 is 132 Å². The van der Waals surface area contributed by atoms with Crippen molar-refractivity contribution in [3.05, 3.63) is 29.8 Å². The number of primary amides is 1. The van der Waals surface area contributed by atoms with Gasteiger partial charge < -0.3 is 75.3 Å². The van der Waals surface area contributed by atoms with E-state index in [1.165, 1.54) is 68.4 Å². The van der Waals surface area contributed by atoms with Gasteiger partial charge in [-0.1, -0.05) is 93.7 Å². The standard InChI is InChI=1S/C62H107N9O16/c1-20-23-43(85-17)33-44(86-18)34-51(75)70(14)53(38(8)21-2)57(78)65-46(35-72)55(76)64-45(30-36(4)5)58(79)68(12)48(31-37(6)7)56(77)66-52(40(10)73)60(81)71(15)54(39(9)22-3)61(82)67(11)47(28-29-50(63)74)59(80)69(13)49(62(83)87-19)32-41-24-26-42(84-16)27-25-41/h24-27,36-40,43-49,52-54,72-73H,20-23,28-35H2,1-19H3,(H2,63,74)(H,64,76)(H,65,78)(H,66,77)/t38-,39-,40+,43+,44-,45+,46+,47-,48-,49-,52-,53+,54-/m0/s1. The number of rotatable bonds is 40. The zero-order valence-corrected chi connectivity index (χ0v) is 55.4. The predicted molar refractivity (Wildman–Crippen MR) is 328 cm³/mol. The molecule has 0 bridgehead atoms. The fraction of sp³-hybridized carbons (Fsp3) is 0.742. The van der Waals surface area contributed by atoms with Crippen molar-refractivity contribution in [3.63, 3.8) is 0 Å².